The number of benzene rings is 1. The molecule has 0 amide bonds. The molecule has 1 heterocycles. The van der Waals surface area contributed by atoms with E-state index in [9.17, 15) is 0 Å². The molecule has 5 nitrogen and oxygen atoms in total. The number of methoxy groups -OCH3 is 1. The van der Waals surface area contributed by atoms with Gasteiger partial charge in [-0.1, -0.05) is 24.3 Å². The second-order valence-corrected chi connectivity index (χ2v) is 6.95. The Morgan fingerprint density at radius 1 is 1.23 bits per heavy atom. The molecule has 0 unspecified atom stereocenters. The van der Waals surface area contributed by atoms with E-state index < -0.39 is 0 Å². The second kappa shape index (κ2) is 12.5. The summed E-state index contributed by atoms with van der Waals surface area (Å²) in [5.41, 5.74) is 2.42. The zero-order chi connectivity index (χ0) is 18.1. The summed E-state index contributed by atoms with van der Waals surface area (Å²) in [5.74, 6) is 0.915. The SMILES string of the molecule is CCNC(=NCc1ccccc1COC)NC1CCN(C(C)C)CC1.I. The van der Waals surface area contributed by atoms with E-state index in [1.807, 2.05) is 6.07 Å². The van der Waals surface area contributed by atoms with Crippen LogP contribution in [0.4, 0.5) is 0 Å². The molecule has 2 rings (SSSR count). The van der Waals surface area contributed by atoms with Gasteiger partial charge in [0.15, 0.2) is 5.96 Å². The van der Waals surface area contributed by atoms with Gasteiger partial charge in [-0.25, -0.2) is 4.99 Å². The maximum absolute atomic E-state index is 5.29. The summed E-state index contributed by atoms with van der Waals surface area (Å²) in [7, 11) is 1.73. The van der Waals surface area contributed by atoms with E-state index in [0.717, 1.165) is 25.6 Å². The average Bonchev–Trinajstić information content (AvgIpc) is 2.61. The van der Waals surface area contributed by atoms with Crippen molar-refractivity contribution in [2.75, 3.05) is 26.7 Å². The monoisotopic (exact) mass is 474 g/mol. The first-order valence-electron chi connectivity index (χ1n) is 9.48. The summed E-state index contributed by atoms with van der Waals surface area (Å²) in [4.78, 5) is 7.34. The molecule has 6 heteroatoms. The maximum atomic E-state index is 5.29. The highest BCUT2D eigenvalue weighted by Crippen LogP contribution is 2.14. The minimum absolute atomic E-state index is 0. The first-order valence-corrected chi connectivity index (χ1v) is 9.48. The highest BCUT2D eigenvalue weighted by Gasteiger charge is 2.21. The number of hydrogen-bond acceptors (Lipinski definition) is 3. The largest absolute Gasteiger partial charge is 0.380 e. The van der Waals surface area contributed by atoms with Gasteiger partial charge in [0.25, 0.3) is 0 Å². The van der Waals surface area contributed by atoms with Crippen LogP contribution < -0.4 is 10.6 Å². The number of halogens is 1. The van der Waals surface area contributed by atoms with Crippen molar-refractivity contribution in [3.63, 3.8) is 0 Å². The van der Waals surface area contributed by atoms with Crippen LogP contribution in [0.2, 0.25) is 0 Å². The van der Waals surface area contributed by atoms with Crippen LogP contribution in [0.3, 0.4) is 0 Å². The minimum Gasteiger partial charge on any atom is -0.380 e. The third-order valence-electron chi connectivity index (χ3n) is 4.77. The van der Waals surface area contributed by atoms with Crippen LogP contribution in [-0.4, -0.2) is 49.7 Å². The molecular weight excluding hydrogens is 439 g/mol. The fourth-order valence-corrected chi connectivity index (χ4v) is 3.25. The first-order chi connectivity index (χ1) is 12.1. The van der Waals surface area contributed by atoms with Crippen molar-refractivity contribution in [2.24, 2.45) is 4.99 Å². The van der Waals surface area contributed by atoms with Crippen molar-refractivity contribution < 1.29 is 4.74 Å². The van der Waals surface area contributed by atoms with Gasteiger partial charge in [0.1, 0.15) is 0 Å². The Kier molecular flexibility index (Phi) is 11.2. The van der Waals surface area contributed by atoms with Gasteiger partial charge in [0.2, 0.25) is 0 Å². The van der Waals surface area contributed by atoms with Crippen LogP contribution >= 0.6 is 24.0 Å². The molecule has 26 heavy (non-hydrogen) atoms. The summed E-state index contributed by atoms with van der Waals surface area (Å²) in [6.07, 6.45) is 2.34. The predicted octanol–water partition coefficient (Wildman–Crippen LogP) is 3.38. The van der Waals surface area contributed by atoms with E-state index in [0.29, 0.717) is 25.2 Å². The number of aliphatic imine (C=N–C) groups is 1. The lowest BCUT2D eigenvalue weighted by Gasteiger charge is -2.35. The Morgan fingerprint density at radius 3 is 2.46 bits per heavy atom. The highest BCUT2D eigenvalue weighted by molar-refractivity contribution is 14.0. The van der Waals surface area contributed by atoms with E-state index in [2.05, 4.69) is 54.5 Å². The van der Waals surface area contributed by atoms with Crippen LogP contribution in [0.1, 0.15) is 44.7 Å². The molecule has 1 saturated heterocycles. The molecule has 1 aromatic rings. The molecule has 0 spiro atoms. The summed E-state index contributed by atoms with van der Waals surface area (Å²) in [5, 5.41) is 7.00. The molecule has 0 aliphatic carbocycles. The molecule has 1 aromatic carbocycles. The predicted molar refractivity (Wildman–Crippen MR) is 120 cm³/mol. The minimum atomic E-state index is 0. The quantitative estimate of drug-likeness (QED) is 0.362. The fourth-order valence-electron chi connectivity index (χ4n) is 3.25. The van der Waals surface area contributed by atoms with Gasteiger partial charge in [-0.05, 0) is 44.7 Å². The Balaban J connectivity index is 0.00000338. The van der Waals surface area contributed by atoms with Gasteiger partial charge in [0.05, 0.1) is 13.2 Å². The lowest BCUT2D eigenvalue weighted by molar-refractivity contribution is 0.167. The average molecular weight is 474 g/mol. The van der Waals surface area contributed by atoms with E-state index in [1.165, 1.54) is 24.0 Å². The smallest absolute Gasteiger partial charge is 0.191 e. The zero-order valence-corrected chi connectivity index (χ0v) is 19.0. The standard InChI is InChI=1S/C20H34N4O.HI/c1-5-21-20(23-19-10-12-24(13-11-19)16(2)3)22-14-17-8-6-7-9-18(17)15-25-4;/h6-9,16,19H,5,10-15H2,1-4H3,(H2,21,22,23);1H. The Bertz CT molecular complexity index is 542. The number of piperidine rings is 1. The van der Waals surface area contributed by atoms with Gasteiger partial charge in [-0.15, -0.1) is 24.0 Å². The summed E-state index contributed by atoms with van der Waals surface area (Å²) in [6, 6.07) is 9.49. The molecule has 1 aliphatic heterocycles. The summed E-state index contributed by atoms with van der Waals surface area (Å²) < 4.78 is 5.29. The molecular formula is C20H35IN4O. The van der Waals surface area contributed by atoms with Gasteiger partial charge in [-0.2, -0.15) is 0 Å². The van der Waals surface area contributed by atoms with E-state index in [-0.39, 0.29) is 24.0 Å². The van der Waals surface area contributed by atoms with Crippen molar-refractivity contribution in [1.82, 2.24) is 15.5 Å². The second-order valence-electron chi connectivity index (χ2n) is 6.95. The van der Waals surface area contributed by atoms with E-state index in [4.69, 9.17) is 9.73 Å². The number of nitrogens with zero attached hydrogens (tertiary/aromatic N) is 2. The van der Waals surface area contributed by atoms with Gasteiger partial charge < -0.3 is 20.3 Å². The number of ether oxygens (including phenoxy) is 1. The fraction of sp³-hybridized carbons (Fsp3) is 0.650. The summed E-state index contributed by atoms with van der Waals surface area (Å²) >= 11 is 0. The van der Waals surface area contributed by atoms with Gasteiger partial charge in [0, 0.05) is 38.8 Å². The lowest BCUT2D eigenvalue weighted by Crippen LogP contribution is -2.49. The molecule has 0 saturated carbocycles. The number of rotatable bonds is 7. The van der Waals surface area contributed by atoms with Gasteiger partial charge >= 0.3 is 0 Å². The van der Waals surface area contributed by atoms with Crippen LogP contribution in [0.15, 0.2) is 29.3 Å². The topological polar surface area (TPSA) is 48.9 Å². The number of hydrogen-bond donors (Lipinski definition) is 2. The summed E-state index contributed by atoms with van der Waals surface area (Å²) in [6.45, 7) is 11.1. The molecule has 0 radical (unpaired) electrons. The van der Waals surface area contributed by atoms with Crippen molar-refractivity contribution in [3.05, 3.63) is 35.4 Å². The Morgan fingerprint density at radius 2 is 1.88 bits per heavy atom. The van der Waals surface area contributed by atoms with Crippen molar-refractivity contribution in [3.8, 4) is 0 Å². The molecule has 0 aromatic heterocycles. The van der Waals surface area contributed by atoms with Crippen LogP contribution in [0.25, 0.3) is 0 Å². The van der Waals surface area contributed by atoms with Crippen molar-refractivity contribution in [2.45, 2.75) is 58.8 Å². The number of guanidine groups is 1. The zero-order valence-electron chi connectivity index (χ0n) is 16.6. The highest BCUT2D eigenvalue weighted by atomic mass is 127. The van der Waals surface area contributed by atoms with Crippen molar-refractivity contribution >= 4 is 29.9 Å². The first kappa shape index (κ1) is 23.2. The van der Waals surface area contributed by atoms with Crippen LogP contribution in [0, 0.1) is 0 Å². The molecule has 2 N–H and O–H groups in total. The Hall–Kier alpha value is -0.860. The normalized spacial score (nSPS) is 16.4. The lowest BCUT2D eigenvalue weighted by atomic mass is 10.0. The number of nitrogens with one attached hydrogen (secondary N) is 2. The number of likely N-dealkylation sites (tertiary alicyclic amines) is 1. The molecule has 1 fully saturated rings. The third kappa shape index (κ3) is 7.40. The third-order valence-corrected chi connectivity index (χ3v) is 4.77. The molecule has 0 bridgehead atoms. The van der Waals surface area contributed by atoms with Gasteiger partial charge in [-0.3, -0.25) is 0 Å². The van der Waals surface area contributed by atoms with E-state index in [1.54, 1.807) is 7.11 Å². The molecule has 1 aliphatic rings. The van der Waals surface area contributed by atoms with Crippen molar-refractivity contribution in [1.29, 1.82) is 0 Å². The molecule has 0 atom stereocenters. The molecule has 148 valence electrons. The Labute approximate surface area is 176 Å². The van der Waals surface area contributed by atoms with E-state index >= 15 is 0 Å². The van der Waals surface area contributed by atoms with Crippen LogP contribution in [-0.2, 0) is 17.9 Å². The van der Waals surface area contributed by atoms with Crippen LogP contribution in [0.5, 0.6) is 0 Å². The maximum Gasteiger partial charge on any atom is 0.191 e.